The Morgan fingerprint density at radius 2 is 2.05 bits per heavy atom. The molecule has 1 N–H and O–H groups in total. The molecule has 4 nitrogen and oxygen atoms in total. The number of hydrogen-bond donors (Lipinski definition) is 1. The first-order valence-corrected chi connectivity index (χ1v) is 6.50. The molecule has 0 bridgehead atoms. The van der Waals surface area contributed by atoms with Crippen LogP contribution in [0.2, 0.25) is 0 Å². The van der Waals surface area contributed by atoms with Crippen LogP contribution in [0.5, 0.6) is 0 Å². The van der Waals surface area contributed by atoms with Crippen LogP contribution in [-0.4, -0.2) is 12.5 Å². The van der Waals surface area contributed by atoms with Crippen molar-refractivity contribution in [3.05, 3.63) is 66.2 Å². The number of nitriles is 1. The number of nitrogens with zero attached hydrogens (tertiary/aromatic N) is 1. The van der Waals surface area contributed by atoms with Gasteiger partial charge >= 0.3 is 0 Å². The number of furan rings is 1. The Morgan fingerprint density at radius 1 is 1.32 bits per heavy atom. The fourth-order valence-electron chi connectivity index (χ4n) is 1.75. The second-order valence-electron chi connectivity index (χ2n) is 4.38. The summed E-state index contributed by atoms with van der Waals surface area (Å²) in [7, 11) is 0. The zero-order valence-corrected chi connectivity index (χ0v) is 11.7. The van der Waals surface area contributed by atoms with Crippen molar-refractivity contribution >= 4 is 12.0 Å². The molecule has 0 saturated carbocycles. The third-order valence-corrected chi connectivity index (χ3v) is 2.81. The first kappa shape index (κ1) is 15.3. The van der Waals surface area contributed by atoms with Gasteiger partial charge < -0.3 is 9.73 Å². The molecule has 0 unspecified atom stereocenters. The number of halogens is 1. The average molecular weight is 296 g/mol. The van der Waals surface area contributed by atoms with Gasteiger partial charge in [0.25, 0.3) is 5.91 Å². The highest BCUT2D eigenvalue weighted by molar-refractivity contribution is 6.01. The molecular formula is C17H13FN2O2. The molecule has 110 valence electrons. The summed E-state index contributed by atoms with van der Waals surface area (Å²) in [5, 5.41) is 11.5. The van der Waals surface area contributed by atoms with E-state index >= 15 is 0 Å². The average Bonchev–Trinajstić information content (AvgIpc) is 2.99. The lowest BCUT2D eigenvalue weighted by atomic mass is 10.2. The van der Waals surface area contributed by atoms with Crippen LogP contribution >= 0.6 is 0 Å². The normalized spacial score (nSPS) is 10.8. The van der Waals surface area contributed by atoms with E-state index in [1.807, 2.05) is 6.07 Å². The van der Waals surface area contributed by atoms with E-state index in [0.29, 0.717) is 17.1 Å². The predicted molar refractivity (Wildman–Crippen MR) is 80.9 cm³/mol. The molecule has 2 aromatic rings. The van der Waals surface area contributed by atoms with Crippen LogP contribution in [0.4, 0.5) is 4.39 Å². The molecule has 0 fully saturated rings. The monoisotopic (exact) mass is 296 g/mol. The Morgan fingerprint density at radius 3 is 2.68 bits per heavy atom. The van der Waals surface area contributed by atoms with Gasteiger partial charge in [-0.3, -0.25) is 4.79 Å². The standard InChI is InChI=1S/C17H13FN2O2/c1-2-9-20-17(21)13(11-19)10-15-7-8-16(22-15)12-3-5-14(18)6-4-12/h2-8,10H,1,9H2,(H,20,21). The molecule has 1 amide bonds. The van der Waals surface area contributed by atoms with Crippen LogP contribution in [0, 0.1) is 17.1 Å². The number of carbonyl (C=O) groups is 1. The fourth-order valence-corrected chi connectivity index (χ4v) is 1.75. The van der Waals surface area contributed by atoms with Gasteiger partial charge in [-0.05, 0) is 36.4 Å². The number of amides is 1. The maximum absolute atomic E-state index is 12.9. The summed E-state index contributed by atoms with van der Waals surface area (Å²) in [6.07, 6.45) is 2.87. The van der Waals surface area contributed by atoms with Crippen molar-refractivity contribution < 1.29 is 13.6 Å². The molecule has 0 aliphatic heterocycles. The van der Waals surface area contributed by atoms with Crippen molar-refractivity contribution in [1.29, 1.82) is 5.26 Å². The van der Waals surface area contributed by atoms with E-state index in [-0.39, 0.29) is 17.9 Å². The van der Waals surface area contributed by atoms with Crippen LogP contribution in [0.1, 0.15) is 5.76 Å². The molecule has 0 aliphatic rings. The maximum atomic E-state index is 12.9. The molecule has 2 rings (SSSR count). The van der Waals surface area contributed by atoms with Gasteiger partial charge in [-0.1, -0.05) is 6.08 Å². The van der Waals surface area contributed by atoms with Crippen molar-refractivity contribution in [2.45, 2.75) is 0 Å². The van der Waals surface area contributed by atoms with Crippen LogP contribution in [-0.2, 0) is 4.79 Å². The van der Waals surface area contributed by atoms with Crippen LogP contribution < -0.4 is 5.32 Å². The Bertz CT molecular complexity index is 752. The molecule has 0 radical (unpaired) electrons. The van der Waals surface area contributed by atoms with E-state index in [1.54, 1.807) is 24.3 Å². The van der Waals surface area contributed by atoms with E-state index in [1.165, 1.54) is 24.3 Å². The predicted octanol–water partition coefficient (Wildman–Crippen LogP) is 3.29. The molecule has 22 heavy (non-hydrogen) atoms. The van der Waals surface area contributed by atoms with Gasteiger partial charge in [0, 0.05) is 18.2 Å². The molecule has 0 spiro atoms. The number of hydrogen-bond acceptors (Lipinski definition) is 3. The highest BCUT2D eigenvalue weighted by Crippen LogP contribution is 2.23. The van der Waals surface area contributed by atoms with Gasteiger partial charge in [0.2, 0.25) is 0 Å². The van der Waals surface area contributed by atoms with Crippen molar-refractivity contribution in [2.75, 3.05) is 6.54 Å². The zero-order valence-electron chi connectivity index (χ0n) is 11.7. The third kappa shape index (κ3) is 3.70. The minimum atomic E-state index is -0.498. The highest BCUT2D eigenvalue weighted by atomic mass is 19.1. The summed E-state index contributed by atoms with van der Waals surface area (Å²) < 4.78 is 18.4. The Kier molecular flexibility index (Phi) is 4.89. The largest absolute Gasteiger partial charge is 0.457 e. The third-order valence-electron chi connectivity index (χ3n) is 2.81. The maximum Gasteiger partial charge on any atom is 0.262 e. The topological polar surface area (TPSA) is 66.0 Å². The van der Waals surface area contributed by atoms with Gasteiger partial charge in [-0.2, -0.15) is 5.26 Å². The molecule has 1 aromatic heterocycles. The van der Waals surface area contributed by atoms with E-state index in [9.17, 15) is 9.18 Å². The summed E-state index contributed by atoms with van der Waals surface area (Å²) in [6, 6.07) is 11.0. The molecule has 0 aliphatic carbocycles. The van der Waals surface area contributed by atoms with Gasteiger partial charge in [0.15, 0.2) is 0 Å². The van der Waals surface area contributed by atoms with E-state index in [2.05, 4.69) is 11.9 Å². The number of benzene rings is 1. The molecular weight excluding hydrogens is 283 g/mol. The molecule has 1 aromatic carbocycles. The summed E-state index contributed by atoms with van der Waals surface area (Å²) in [6.45, 7) is 3.76. The first-order chi connectivity index (χ1) is 10.6. The van der Waals surface area contributed by atoms with Crippen LogP contribution in [0.25, 0.3) is 17.4 Å². The van der Waals surface area contributed by atoms with E-state index in [4.69, 9.17) is 9.68 Å². The lowest BCUT2D eigenvalue weighted by molar-refractivity contribution is -0.116. The number of carbonyl (C=O) groups excluding carboxylic acids is 1. The molecule has 5 heteroatoms. The Balaban J connectivity index is 2.21. The van der Waals surface area contributed by atoms with Crippen LogP contribution in [0.3, 0.4) is 0 Å². The number of nitrogens with one attached hydrogen (secondary N) is 1. The van der Waals surface area contributed by atoms with E-state index in [0.717, 1.165) is 0 Å². The number of rotatable bonds is 5. The molecule has 0 saturated heterocycles. The molecule has 1 heterocycles. The van der Waals surface area contributed by atoms with Crippen molar-refractivity contribution in [2.24, 2.45) is 0 Å². The first-order valence-electron chi connectivity index (χ1n) is 6.50. The second kappa shape index (κ2) is 7.04. The quantitative estimate of drug-likeness (QED) is 0.523. The summed E-state index contributed by atoms with van der Waals surface area (Å²) in [5.41, 5.74) is 0.637. The Hall–Kier alpha value is -3.13. The van der Waals surface area contributed by atoms with Gasteiger partial charge in [-0.15, -0.1) is 6.58 Å². The van der Waals surface area contributed by atoms with Gasteiger partial charge in [0.1, 0.15) is 29.0 Å². The highest BCUT2D eigenvalue weighted by Gasteiger charge is 2.10. The smallest absolute Gasteiger partial charge is 0.262 e. The SMILES string of the molecule is C=CCNC(=O)C(C#N)=Cc1ccc(-c2ccc(F)cc2)o1. The summed E-state index contributed by atoms with van der Waals surface area (Å²) in [4.78, 5) is 11.7. The lowest BCUT2D eigenvalue weighted by Crippen LogP contribution is -2.24. The van der Waals surface area contributed by atoms with Gasteiger partial charge in [-0.25, -0.2) is 4.39 Å². The van der Waals surface area contributed by atoms with Crippen molar-refractivity contribution in [3.8, 4) is 17.4 Å². The minimum absolute atomic E-state index is 0.0677. The Labute approximate surface area is 127 Å². The fraction of sp³-hybridized carbons (Fsp3) is 0.0588. The summed E-state index contributed by atoms with van der Waals surface area (Å²) >= 11 is 0. The zero-order chi connectivity index (χ0) is 15.9. The van der Waals surface area contributed by atoms with E-state index < -0.39 is 5.91 Å². The van der Waals surface area contributed by atoms with Crippen molar-refractivity contribution in [1.82, 2.24) is 5.32 Å². The summed E-state index contributed by atoms with van der Waals surface area (Å²) in [5.74, 6) is 0.0582. The molecule has 0 atom stereocenters. The van der Waals surface area contributed by atoms with Crippen LogP contribution in [0.15, 0.2) is 59.0 Å². The minimum Gasteiger partial charge on any atom is -0.457 e. The van der Waals surface area contributed by atoms with Gasteiger partial charge in [0.05, 0.1) is 0 Å². The van der Waals surface area contributed by atoms with Crippen molar-refractivity contribution in [3.63, 3.8) is 0 Å². The lowest BCUT2D eigenvalue weighted by Gasteiger charge is -1.99. The second-order valence-corrected chi connectivity index (χ2v) is 4.38.